The van der Waals surface area contributed by atoms with Crippen LogP contribution in [0.25, 0.3) is 44.3 Å². The van der Waals surface area contributed by atoms with E-state index in [4.69, 9.17) is 32.4 Å². The second-order valence-corrected chi connectivity index (χ2v) is 11.7. The van der Waals surface area contributed by atoms with Crippen LogP contribution in [-0.4, -0.2) is 9.55 Å². The number of para-hydroxylation sites is 2. The second kappa shape index (κ2) is 12.7. The van der Waals surface area contributed by atoms with Crippen LogP contribution >= 0.6 is 23.2 Å². The van der Waals surface area contributed by atoms with Gasteiger partial charge in [0.25, 0.3) is 0 Å². The van der Waals surface area contributed by atoms with E-state index in [2.05, 4.69) is 45.9 Å². The van der Waals surface area contributed by atoms with E-state index < -0.39 is 5.63 Å². The third-order valence-electron chi connectivity index (χ3n) is 8.05. The normalized spacial score (nSPS) is 12.1. The predicted molar refractivity (Wildman–Crippen MR) is 182 cm³/mol. The Morgan fingerprint density at radius 3 is 2.20 bits per heavy atom. The number of rotatable bonds is 9. The Kier molecular flexibility index (Phi) is 8.23. The molecule has 2 aromatic heterocycles. The van der Waals surface area contributed by atoms with Crippen molar-refractivity contribution < 1.29 is 9.15 Å². The van der Waals surface area contributed by atoms with Crippen molar-refractivity contribution in [3.05, 3.63) is 159 Å². The lowest BCUT2D eigenvalue weighted by atomic mass is 9.92. The zero-order valence-electron chi connectivity index (χ0n) is 24.2. The minimum atomic E-state index is -0.432. The Balaban J connectivity index is 1.27. The number of nitrogens with zero attached hydrogens (tertiary/aromatic N) is 2. The van der Waals surface area contributed by atoms with E-state index in [1.807, 2.05) is 79.1 Å². The van der Waals surface area contributed by atoms with E-state index in [0.717, 1.165) is 49.8 Å². The van der Waals surface area contributed by atoms with Gasteiger partial charge in [0.15, 0.2) is 0 Å². The molecule has 0 saturated carbocycles. The van der Waals surface area contributed by atoms with Gasteiger partial charge in [-0.15, -0.1) is 0 Å². The molecule has 0 amide bonds. The van der Waals surface area contributed by atoms with Crippen LogP contribution < -0.4 is 5.63 Å². The fourth-order valence-corrected chi connectivity index (χ4v) is 6.36. The van der Waals surface area contributed by atoms with Crippen LogP contribution in [0.2, 0.25) is 10.0 Å². The summed E-state index contributed by atoms with van der Waals surface area (Å²) in [7, 11) is 0. The number of aryl methyl sites for hydroxylation is 1. The van der Waals surface area contributed by atoms with Gasteiger partial charge in [-0.3, -0.25) is 0 Å². The third kappa shape index (κ3) is 6.16. The summed E-state index contributed by atoms with van der Waals surface area (Å²) in [4.78, 5) is 17.4. The minimum Gasteiger partial charge on any atom is -0.423 e. The van der Waals surface area contributed by atoms with E-state index in [9.17, 15) is 4.79 Å². The van der Waals surface area contributed by atoms with Gasteiger partial charge in [0.1, 0.15) is 5.58 Å². The van der Waals surface area contributed by atoms with Crippen molar-refractivity contribution in [3.8, 4) is 22.3 Å². The fourth-order valence-electron chi connectivity index (χ4n) is 5.83. The number of hydrogen-bond donors (Lipinski definition) is 0. The molecule has 7 rings (SSSR count). The SMILES string of the molecule is O=c1cc(COC(CCn2cnc3ccccc32)c2ccc(Cl)cc2Cl)c2cc(-c3ccccc3)c(-c3ccccc3)cc2o1. The number of halogens is 2. The molecule has 0 radical (unpaired) electrons. The van der Waals surface area contributed by atoms with E-state index in [-0.39, 0.29) is 12.7 Å². The molecule has 0 aliphatic carbocycles. The standard InChI is InChI=1S/C38H28Cl2N2O3/c39-28-15-16-29(33(40)20-28)36(17-18-42-24-41-34-13-7-8-14-35(34)42)44-23-27-19-38(43)45-37-22-31(26-11-5-2-6-12-26)30(21-32(27)37)25-9-3-1-4-10-25/h1-16,19-22,24,36H,17-18,23H2. The molecule has 7 heteroatoms. The first-order valence-corrected chi connectivity index (χ1v) is 15.5. The van der Waals surface area contributed by atoms with Crippen molar-refractivity contribution in [2.24, 2.45) is 0 Å². The molecule has 0 aliphatic rings. The predicted octanol–water partition coefficient (Wildman–Crippen LogP) is 10.1. The first-order chi connectivity index (χ1) is 22.0. The van der Waals surface area contributed by atoms with Gasteiger partial charge in [0.2, 0.25) is 0 Å². The Morgan fingerprint density at radius 2 is 1.47 bits per heavy atom. The van der Waals surface area contributed by atoms with Gasteiger partial charge in [-0.1, -0.05) is 102 Å². The Morgan fingerprint density at radius 1 is 0.778 bits per heavy atom. The number of aromatic nitrogens is 2. The van der Waals surface area contributed by atoms with Crippen LogP contribution in [0.3, 0.4) is 0 Å². The Hall–Kier alpha value is -4.68. The van der Waals surface area contributed by atoms with E-state index in [0.29, 0.717) is 28.6 Å². The molecule has 45 heavy (non-hydrogen) atoms. The van der Waals surface area contributed by atoms with Crippen LogP contribution in [0.1, 0.15) is 23.7 Å². The zero-order valence-corrected chi connectivity index (χ0v) is 25.7. The highest BCUT2D eigenvalue weighted by Gasteiger charge is 2.20. The molecule has 5 nitrogen and oxygen atoms in total. The van der Waals surface area contributed by atoms with Gasteiger partial charge >= 0.3 is 5.63 Å². The molecule has 0 aliphatic heterocycles. The van der Waals surface area contributed by atoms with Crippen LogP contribution in [0.15, 0.2) is 137 Å². The summed E-state index contributed by atoms with van der Waals surface area (Å²) in [5.41, 5.74) is 7.74. The molecular weight excluding hydrogens is 603 g/mol. The highest BCUT2D eigenvalue weighted by Crippen LogP contribution is 2.37. The first-order valence-electron chi connectivity index (χ1n) is 14.7. The summed E-state index contributed by atoms with van der Waals surface area (Å²) >= 11 is 12.9. The number of hydrogen-bond acceptors (Lipinski definition) is 4. The largest absolute Gasteiger partial charge is 0.423 e. The zero-order chi connectivity index (χ0) is 30.8. The topological polar surface area (TPSA) is 57.3 Å². The quantitative estimate of drug-likeness (QED) is 0.149. The Labute approximate surface area is 270 Å². The summed E-state index contributed by atoms with van der Waals surface area (Å²) in [6.45, 7) is 0.829. The lowest BCUT2D eigenvalue weighted by Crippen LogP contribution is -2.11. The number of fused-ring (bicyclic) bond motifs is 2. The van der Waals surface area contributed by atoms with Crippen LogP contribution in [0.5, 0.6) is 0 Å². The molecular formula is C38H28Cl2N2O3. The van der Waals surface area contributed by atoms with Gasteiger partial charge in [-0.2, -0.15) is 0 Å². The molecule has 0 N–H and O–H groups in total. The number of imidazole rings is 1. The van der Waals surface area contributed by atoms with Gasteiger partial charge < -0.3 is 13.7 Å². The van der Waals surface area contributed by atoms with E-state index in [1.54, 1.807) is 6.07 Å². The summed E-state index contributed by atoms with van der Waals surface area (Å²) in [5.74, 6) is 0. The maximum atomic E-state index is 12.9. The first kappa shape index (κ1) is 29.1. The molecule has 1 unspecified atom stereocenters. The fraction of sp³-hybridized carbons (Fsp3) is 0.105. The van der Waals surface area contributed by atoms with Gasteiger partial charge in [-0.25, -0.2) is 9.78 Å². The lowest BCUT2D eigenvalue weighted by Gasteiger charge is -2.21. The van der Waals surface area contributed by atoms with Crippen molar-refractivity contribution in [1.29, 1.82) is 0 Å². The van der Waals surface area contributed by atoms with Crippen molar-refractivity contribution in [1.82, 2.24) is 9.55 Å². The van der Waals surface area contributed by atoms with E-state index >= 15 is 0 Å². The van der Waals surface area contributed by atoms with Gasteiger partial charge in [-0.05, 0) is 76.2 Å². The Bertz CT molecular complexity index is 2180. The average molecular weight is 632 g/mol. The molecule has 0 saturated heterocycles. The maximum Gasteiger partial charge on any atom is 0.336 e. The number of ether oxygens (including phenoxy) is 1. The van der Waals surface area contributed by atoms with Crippen LogP contribution in [0, 0.1) is 0 Å². The summed E-state index contributed by atoms with van der Waals surface area (Å²) < 4.78 is 14.5. The highest BCUT2D eigenvalue weighted by atomic mass is 35.5. The lowest BCUT2D eigenvalue weighted by molar-refractivity contribution is 0.0317. The summed E-state index contributed by atoms with van der Waals surface area (Å²) in [5, 5.41) is 1.89. The summed E-state index contributed by atoms with van der Waals surface area (Å²) in [6.07, 6.45) is 2.08. The number of benzene rings is 5. The molecule has 1 atom stereocenters. The van der Waals surface area contributed by atoms with E-state index in [1.165, 1.54) is 6.07 Å². The van der Waals surface area contributed by atoms with Crippen molar-refractivity contribution >= 4 is 45.2 Å². The maximum absolute atomic E-state index is 12.9. The molecule has 222 valence electrons. The molecule has 0 bridgehead atoms. The van der Waals surface area contributed by atoms with Gasteiger partial charge in [0.05, 0.1) is 30.1 Å². The molecule has 0 fully saturated rings. The monoisotopic (exact) mass is 630 g/mol. The van der Waals surface area contributed by atoms with Crippen molar-refractivity contribution in [3.63, 3.8) is 0 Å². The summed E-state index contributed by atoms with van der Waals surface area (Å²) in [6, 6.07) is 39.4. The third-order valence-corrected chi connectivity index (χ3v) is 8.61. The molecule has 2 heterocycles. The minimum absolute atomic E-state index is 0.176. The van der Waals surface area contributed by atoms with Crippen molar-refractivity contribution in [2.45, 2.75) is 25.7 Å². The van der Waals surface area contributed by atoms with Crippen LogP contribution in [0.4, 0.5) is 0 Å². The molecule has 7 aromatic rings. The van der Waals surface area contributed by atoms with Gasteiger partial charge in [0, 0.05) is 28.0 Å². The smallest absolute Gasteiger partial charge is 0.336 e. The molecule has 0 spiro atoms. The van der Waals surface area contributed by atoms with Crippen LogP contribution in [-0.2, 0) is 17.9 Å². The average Bonchev–Trinajstić information content (AvgIpc) is 3.48. The molecule has 5 aromatic carbocycles. The highest BCUT2D eigenvalue weighted by molar-refractivity contribution is 6.35. The second-order valence-electron chi connectivity index (χ2n) is 10.9. The van der Waals surface area contributed by atoms with Crippen molar-refractivity contribution in [2.75, 3.05) is 0 Å².